The van der Waals surface area contributed by atoms with Gasteiger partial charge in [-0.05, 0) is 63.4 Å². The number of hydrogen-bond donors (Lipinski definition) is 2. The van der Waals surface area contributed by atoms with E-state index in [9.17, 15) is 24.6 Å². The summed E-state index contributed by atoms with van der Waals surface area (Å²) in [5, 5.41) is 22.1. The first-order chi connectivity index (χ1) is 15.9. The van der Waals surface area contributed by atoms with Gasteiger partial charge in [0.1, 0.15) is 5.75 Å². The predicted octanol–water partition coefficient (Wildman–Crippen LogP) is 4.83. The molecule has 0 saturated heterocycles. The van der Waals surface area contributed by atoms with Gasteiger partial charge in [-0.3, -0.25) is 19.3 Å². The molecule has 0 fully saturated rings. The zero-order valence-electron chi connectivity index (χ0n) is 19.5. The number of carbonyl (C=O) groups is 3. The predicted molar refractivity (Wildman–Crippen MR) is 130 cm³/mol. The average Bonchev–Trinajstić information content (AvgIpc) is 3.39. The van der Waals surface area contributed by atoms with Crippen molar-refractivity contribution in [1.82, 2.24) is 9.97 Å². The summed E-state index contributed by atoms with van der Waals surface area (Å²) in [5.41, 5.74) is 2.54. The molecule has 1 aliphatic heterocycles. The lowest BCUT2D eigenvalue weighted by atomic mass is 9.92. The van der Waals surface area contributed by atoms with Crippen molar-refractivity contribution < 1.29 is 24.6 Å². The number of hydrogen-bond acceptors (Lipinski definition) is 9. The molecule has 0 aliphatic carbocycles. The van der Waals surface area contributed by atoms with Crippen LogP contribution in [0, 0.1) is 34.6 Å². The Balaban J connectivity index is 1.95. The monoisotopic (exact) mass is 497 g/mol. The molecule has 1 aromatic carbocycles. The molecule has 0 radical (unpaired) electrons. The summed E-state index contributed by atoms with van der Waals surface area (Å²) in [6, 6.07) is 2.36. The van der Waals surface area contributed by atoms with Gasteiger partial charge in [0.05, 0.1) is 37.8 Å². The number of benzene rings is 1. The van der Waals surface area contributed by atoms with Crippen molar-refractivity contribution in [3.05, 3.63) is 66.3 Å². The van der Waals surface area contributed by atoms with Gasteiger partial charge in [0.25, 0.3) is 5.91 Å². The van der Waals surface area contributed by atoms with Crippen molar-refractivity contribution in [2.75, 3.05) is 4.90 Å². The lowest BCUT2D eigenvalue weighted by Gasteiger charge is -2.25. The lowest BCUT2D eigenvalue weighted by Crippen LogP contribution is -2.31. The van der Waals surface area contributed by atoms with Gasteiger partial charge in [0.2, 0.25) is 5.78 Å². The number of carbonyl (C=O) groups excluding carboxylic acids is 3. The fourth-order valence-electron chi connectivity index (χ4n) is 4.17. The quantitative estimate of drug-likeness (QED) is 0.484. The van der Waals surface area contributed by atoms with Gasteiger partial charge < -0.3 is 10.2 Å². The molecule has 4 rings (SSSR count). The van der Waals surface area contributed by atoms with Gasteiger partial charge in [-0.15, -0.1) is 11.3 Å². The molecule has 34 heavy (non-hydrogen) atoms. The Labute approximate surface area is 204 Å². The topological polar surface area (TPSA) is 121 Å². The zero-order chi connectivity index (χ0) is 25.1. The molecule has 2 aromatic heterocycles. The van der Waals surface area contributed by atoms with Gasteiger partial charge in [0.15, 0.2) is 16.7 Å². The normalized spacial score (nSPS) is 16.0. The van der Waals surface area contributed by atoms with E-state index in [0.717, 1.165) is 11.3 Å². The standard InChI is InChI=1S/C24H23N3O5S2/c1-9-7-15(8-10(2)18(9)29)17-16(19(30)22-12(4)25-14(6)33-22)20(31)23(32)27(17)24-26-11(3)21(34-24)13(5)28/h7-8,17,29,31H,1-6H3. The fourth-order valence-corrected chi connectivity index (χ4v) is 6.04. The smallest absolute Gasteiger partial charge is 0.296 e. The van der Waals surface area contributed by atoms with Gasteiger partial charge >= 0.3 is 0 Å². The molecule has 2 N–H and O–H groups in total. The molecule has 3 aromatic rings. The second kappa shape index (κ2) is 8.44. The number of aromatic hydroxyl groups is 1. The van der Waals surface area contributed by atoms with Crippen molar-refractivity contribution in [1.29, 1.82) is 0 Å². The van der Waals surface area contributed by atoms with E-state index in [2.05, 4.69) is 9.97 Å². The van der Waals surface area contributed by atoms with E-state index in [1.54, 1.807) is 46.8 Å². The van der Waals surface area contributed by atoms with Crippen LogP contribution in [0.4, 0.5) is 5.13 Å². The Morgan fingerprint density at radius 2 is 1.53 bits per heavy atom. The highest BCUT2D eigenvalue weighted by Crippen LogP contribution is 2.45. The highest BCUT2D eigenvalue weighted by atomic mass is 32.1. The number of phenolic OH excluding ortho intramolecular Hbond substituents is 1. The van der Waals surface area contributed by atoms with Crippen LogP contribution in [0.1, 0.15) is 65.4 Å². The molecule has 0 bridgehead atoms. The molecule has 176 valence electrons. The first-order valence-corrected chi connectivity index (χ1v) is 12.1. The van der Waals surface area contributed by atoms with Crippen molar-refractivity contribution in [2.24, 2.45) is 0 Å². The number of aliphatic hydroxyl groups excluding tert-OH is 1. The van der Waals surface area contributed by atoms with Crippen LogP contribution in [-0.4, -0.2) is 37.7 Å². The summed E-state index contributed by atoms with van der Waals surface area (Å²) in [6.07, 6.45) is 0. The highest BCUT2D eigenvalue weighted by molar-refractivity contribution is 7.17. The maximum absolute atomic E-state index is 13.7. The molecular weight excluding hydrogens is 474 g/mol. The number of nitrogens with zero attached hydrogens (tertiary/aromatic N) is 3. The first kappa shape index (κ1) is 23.8. The van der Waals surface area contributed by atoms with E-state index >= 15 is 0 Å². The van der Waals surface area contributed by atoms with Crippen molar-refractivity contribution >= 4 is 45.3 Å². The van der Waals surface area contributed by atoms with Crippen LogP contribution >= 0.6 is 22.7 Å². The van der Waals surface area contributed by atoms with Crippen molar-refractivity contribution in [3.8, 4) is 5.75 Å². The lowest BCUT2D eigenvalue weighted by molar-refractivity contribution is -0.117. The third kappa shape index (κ3) is 3.72. The van der Waals surface area contributed by atoms with Crippen molar-refractivity contribution in [3.63, 3.8) is 0 Å². The molecule has 0 spiro atoms. The third-order valence-corrected chi connectivity index (χ3v) is 8.03. The molecule has 1 atom stereocenters. The minimum absolute atomic E-state index is 0.0848. The Morgan fingerprint density at radius 1 is 0.941 bits per heavy atom. The largest absolute Gasteiger partial charge is 0.507 e. The summed E-state index contributed by atoms with van der Waals surface area (Å²) in [6.45, 7) is 10.0. The van der Waals surface area contributed by atoms with E-state index < -0.39 is 23.5 Å². The van der Waals surface area contributed by atoms with Crippen LogP contribution in [0.15, 0.2) is 23.5 Å². The molecule has 8 nitrogen and oxygen atoms in total. The highest BCUT2D eigenvalue weighted by Gasteiger charge is 2.47. The Morgan fingerprint density at radius 3 is 2.03 bits per heavy atom. The number of rotatable bonds is 5. The third-order valence-electron chi connectivity index (χ3n) is 5.70. The minimum Gasteiger partial charge on any atom is -0.507 e. The number of aromatic nitrogens is 2. The number of anilines is 1. The number of phenols is 1. The molecule has 3 heterocycles. The minimum atomic E-state index is -0.995. The number of aliphatic hydroxyl groups is 1. The van der Waals surface area contributed by atoms with E-state index in [1.165, 1.54) is 23.2 Å². The summed E-state index contributed by atoms with van der Waals surface area (Å²) in [4.78, 5) is 49.8. The first-order valence-electron chi connectivity index (χ1n) is 10.5. The van der Waals surface area contributed by atoms with E-state index in [-0.39, 0.29) is 22.2 Å². The number of aryl methyl sites for hydroxylation is 5. The van der Waals surface area contributed by atoms with Crippen LogP contribution in [0.3, 0.4) is 0 Å². The van der Waals surface area contributed by atoms with E-state index in [4.69, 9.17) is 0 Å². The average molecular weight is 498 g/mol. The number of thiazole rings is 2. The van der Waals surface area contributed by atoms with E-state index in [1.807, 2.05) is 0 Å². The second-order valence-corrected chi connectivity index (χ2v) is 10.5. The van der Waals surface area contributed by atoms with Crippen LogP contribution in [0.5, 0.6) is 5.75 Å². The SMILES string of the molecule is CC(=O)c1sc(N2C(=O)C(O)=C(C(=O)c3sc(C)nc3C)C2c2cc(C)c(O)c(C)c2)nc1C. The summed E-state index contributed by atoms with van der Waals surface area (Å²) in [5.74, 6) is -2.02. The van der Waals surface area contributed by atoms with Gasteiger partial charge in [-0.2, -0.15) is 0 Å². The molecule has 10 heteroatoms. The second-order valence-electron chi connectivity index (χ2n) is 8.29. The Kier molecular flexibility index (Phi) is 5.91. The number of ketones is 2. The van der Waals surface area contributed by atoms with Gasteiger partial charge in [-0.1, -0.05) is 11.3 Å². The van der Waals surface area contributed by atoms with Crippen molar-refractivity contribution in [2.45, 2.75) is 47.6 Å². The van der Waals surface area contributed by atoms with Gasteiger partial charge in [-0.25, -0.2) is 9.97 Å². The number of amides is 1. The zero-order valence-corrected chi connectivity index (χ0v) is 21.1. The Bertz CT molecular complexity index is 1390. The molecule has 1 amide bonds. The molecule has 1 unspecified atom stereocenters. The van der Waals surface area contributed by atoms with Gasteiger partial charge in [0, 0.05) is 6.92 Å². The molecule has 0 saturated carbocycles. The van der Waals surface area contributed by atoms with Crippen LogP contribution in [-0.2, 0) is 4.79 Å². The maximum atomic E-state index is 13.7. The van der Waals surface area contributed by atoms with E-state index in [0.29, 0.717) is 42.8 Å². The molecule has 1 aliphatic rings. The maximum Gasteiger partial charge on any atom is 0.296 e. The summed E-state index contributed by atoms with van der Waals surface area (Å²) in [7, 11) is 0. The van der Waals surface area contributed by atoms with Crippen LogP contribution < -0.4 is 4.90 Å². The number of Topliss-reactive ketones (excluding diaryl/α,β-unsaturated/α-hetero) is 2. The molecular formula is C24H23N3O5S2. The summed E-state index contributed by atoms with van der Waals surface area (Å²) < 4.78 is 0. The summed E-state index contributed by atoms with van der Waals surface area (Å²) >= 11 is 2.23. The van der Waals surface area contributed by atoms with Crippen LogP contribution in [0.25, 0.3) is 0 Å². The Hall–Kier alpha value is -3.37. The van der Waals surface area contributed by atoms with Crippen LogP contribution in [0.2, 0.25) is 0 Å². The fraction of sp³-hybridized carbons (Fsp3) is 0.292.